The normalized spacial score (nSPS) is 11.8. The first-order valence-corrected chi connectivity index (χ1v) is 7.78. The highest BCUT2D eigenvalue weighted by atomic mass is 35.5. The second-order valence-electron chi connectivity index (χ2n) is 5.09. The van der Waals surface area contributed by atoms with Crippen LogP contribution in [0.1, 0.15) is 23.9 Å². The first-order valence-electron chi connectivity index (χ1n) is 6.71. The zero-order chi connectivity index (χ0) is 14.6. The Hall–Kier alpha value is -1.06. The molecule has 0 aliphatic carbocycles. The lowest BCUT2D eigenvalue weighted by molar-refractivity contribution is 0.490. The third kappa shape index (κ3) is 2.99. The van der Waals surface area contributed by atoms with Gasteiger partial charge in [0.2, 0.25) is 0 Å². The van der Waals surface area contributed by atoms with Crippen LogP contribution in [0.4, 0.5) is 0 Å². The van der Waals surface area contributed by atoms with E-state index in [1.807, 2.05) is 17.7 Å². The van der Waals surface area contributed by atoms with Gasteiger partial charge in [-0.2, -0.15) is 5.10 Å². The van der Waals surface area contributed by atoms with Gasteiger partial charge in [-0.1, -0.05) is 29.8 Å². The van der Waals surface area contributed by atoms with Crippen molar-refractivity contribution < 1.29 is 0 Å². The van der Waals surface area contributed by atoms with Crippen molar-refractivity contribution in [3.63, 3.8) is 0 Å². The Labute approximate surface area is 129 Å². The minimum absolute atomic E-state index is 0.310. The van der Waals surface area contributed by atoms with E-state index in [2.05, 4.69) is 35.2 Å². The largest absolute Gasteiger partial charge is 0.250 e. The molecule has 0 bridgehead atoms. The molecular formula is C15H19Cl2N3. The van der Waals surface area contributed by atoms with Crippen LogP contribution >= 0.6 is 23.2 Å². The van der Waals surface area contributed by atoms with Gasteiger partial charge in [-0.3, -0.25) is 4.68 Å². The summed E-state index contributed by atoms with van der Waals surface area (Å²) in [6.45, 7) is 4.92. The number of benzene rings is 1. The lowest BCUT2D eigenvalue weighted by atomic mass is 9.80. The molecule has 5 heteroatoms. The minimum atomic E-state index is -0.310. The lowest BCUT2D eigenvalue weighted by Crippen LogP contribution is -2.34. The maximum absolute atomic E-state index is 6.28. The lowest BCUT2D eigenvalue weighted by Gasteiger charge is -2.30. The molecule has 0 N–H and O–H groups in total. The van der Waals surface area contributed by atoms with Crippen molar-refractivity contribution in [2.45, 2.75) is 32.2 Å². The topological polar surface area (TPSA) is 30.7 Å². The van der Waals surface area contributed by atoms with Crippen LogP contribution < -0.4 is 0 Å². The second-order valence-corrected chi connectivity index (χ2v) is 5.62. The Kier molecular flexibility index (Phi) is 5.06. The molecule has 1 heterocycles. The van der Waals surface area contributed by atoms with E-state index < -0.39 is 0 Å². The van der Waals surface area contributed by atoms with Crippen molar-refractivity contribution in [2.24, 2.45) is 0 Å². The predicted molar refractivity (Wildman–Crippen MR) is 83.7 cm³/mol. The molecule has 0 amide bonds. The van der Waals surface area contributed by atoms with E-state index in [0.717, 1.165) is 17.9 Å². The first kappa shape index (κ1) is 15.3. The molecule has 20 heavy (non-hydrogen) atoms. The molecule has 1 aromatic heterocycles. The summed E-state index contributed by atoms with van der Waals surface area (Å²) < 4.78 is 1.89. The molecule has 0 aliphatic rings. The van der Waals surface area contributed by atoms with Crippen LogP contribution in [0.5, 0.6) is 0 Å². The van der Waals surface area contributed by atoms with E-state index in [1.165, 1.54) is 5.56 Å². The smallest absolute Gasteiger partial charge is 0.138 e. The highest BCUT2D eigenvalue weighted by Gasteiger charge is 2.33. The number of aromatic nitrogens is 3. The van der Waals surface area contributed by atoms with Gasteiger partial charge in [-0.05, 0) is 19.4 Å². The molecule has 0 saturated heterocycles. The molecule has 1 aromatic carbocycles. The van der Waals surface area contributed by atoms with Gasteiger partial charge in [0.1, 0.15) is 12.2 Å². The summed E-state index contributed by atoms with van der Waals surface area (Å²) in [4.78, 5) is 4.35. The summed E-state index contributed by atoms with van der Waals surface area (Å²) in [6, 6.07) is 8.36. The van der Waals surface area contributed by atoms with Crippen LogP contribution in [0.15, 0.2) is 30.6 Å². The summed E-state index contributed by atoms with van der Waals surface area (Å²) in [7, 11) is 0. The third-order valence-corrected chi connectivity index (χ3v) is 4.66. The fraction of sp³-hybridized carbons (Fsp3) is 0.467. The molecular weight excluding hydrogens is 293 g/mol. The van der Waals surface area contributed by atoms with Crippen molar-refractivity contribution in [1.82, 2.24) is 14.8 Å². The highest BCUT2D eigenvalue weighted by Crippen LogP contribution is 2.31. The van der Waals surface area contributed by atoms with Gasteiger partial charge in [0.05, 0.1) is 0 Å². The first-order chi connectivity index (χ1) is 9.65. The van der Waals surface area contributed by atoms with Gasteiger partial charge in [0.25, 0.3) is 0 Å². The Morgan fingerprint density at radius 3 is 2.60 bits per heavy atom. The molecule has 0 saturated carbocycles. The SMILES string of the molecule is CCn1ncnc1CC(CCl)(CCl)c1cccc(C)c1. The van der Waals surface area contributed by atoms with Gasteiger partial charge in [-0.25, -0.2) is 4.98 Å². The molecule has 0 radical (unpaired) electrons. The maximum Gasteiger partial charge on any atom is 0.138 e. The van der Waals surface area contributed by atoms with E-state index in [1.54, 1.807) is 6.33 Å². The number of hydrogen-bond donors (Lipinski definition) is 0. The average Bonchev–Trinajstić information content (AvgIpc) is 2.92. The van der Waals surface area contributed by atoms with Gasteiger partial charge >= 0.3 is 0 Å². The quantitative estimate of drug-likeness (QED) is 0.764. The minimum Gasteiger partial charge on any atom is -0.250 e. The fourth-order valence-electron chi connectivity index (χ4n) is 2.35. The highest BCUT2D eigenvalue weighted by molar-refractivity contribution is 6.22. The zero-order valence-corrected chi connectivity index (χ0v) is 13.3. The molecule has 108 valence electrons. The van der Waals surface area contributed by atoms with Crippen molar-refractivity contribution in [3.8, 4) is 0 Å². The molecule has 0 atom stereocenters. The van der Waals surface area contributed by atoms with Crippen molar-refractivity contribution >= 4 is 23.2 Å². The molecule has 2 rings (SSSR count). The van der Waals surface area contributed by atoms with Crippen LogP contribution in [0.3, 0.4) is 0 Å². The number of halogens is 2. The zero-order valence-electron chi connectivity index (χ0n) is 11.8. The standard InChI is InChI=1S/C15H19Cl2N3/c1-3-20-14(18-11-19-20)8-15(9-16,10-17)13-6-4-5-12(2)7-13/h4-7,11H,3,8-10H2,1-2H3. The van der Waals surface area contributed by atoms with E-state index in [0.29, 0.717) is 18.2 Å². The van der Waals surface area contributed by atoms with Crippen molar-refractivity contribution in [3.05, 3.63) is 47.5 Å². The van der Waals surface area contributed by atoms with Crippen LogP contribution in [-0.4, -0.2) is 26.5 Å². The summed E-state index contributed by atoms with van der Waals surface area (Å²) in [5, 5.41) is 4.22. The monoisotopic (exact) mass is 311 g/mol. The Morgan fingerprint density at radius 2 is 2.00 bits per heavy atom. The third-order valence-electron chi connectivity index (χ3n) is 3.63. The van der Waals surface area contributed by atoms with E-state index in [9.17, 15) is 0 Å². The molecule has 3 nitrogen and oxygen atoms in total. The van der Waals surface area contributed by atoms with Gasteiger partial charge < -0.3 is 0 Å². The van der Waals surface area contributed by atoms with Crippen molar-refractivity contribution in [1.29, 1.82) is 0 Å². The van der Waals surface area contributed by atoms with Crippen LogP contribution in [-0.2, 0) is 18.4 Å². The van der Waals surface area contributed by atoms with Gasteiger partial charge in [0.15, 0.2) is 0 Å². The van der Waals surface area contributed by atoms with E-state index in [4.69, 9.17) is 23.2 Å². The maximum atomic E-state index is 6.28. The van der Waals surface area contributed by atoms with Gasteiger partial charge in [0, 0.05) is 30.1 Å². The van der Waals surface area contributed by atoms with Crippen LogP contribution in [0.25, 0.3) is 0 Å². The number of alkyl halides is 2. The van der Waals surface area contributed by atoms with Crippen LogP contribution in [0.2, 0.25) is 0 Å². The molecule has 0 aliphatic heterocycles. The molecule has 0 spiro atoms. The van der Waals surface area contributed by atoms with Gasteiger partial charge in [-0.15, -0.1) is 23.2 Å². The predicted octanol–water partition coefficient (Wildman–Crippen LogP) is 3.56. The second kappa shape index (κ2) is 6.59. The number of hydrogen-bond acceptors (Lipinski definition) is 2. The Balaban J connectivity index is 2.39. The number of nitrogens with zero attached hydrogens (tertiary/aromatic N) is 3. The van der Waals surface area contributed by atoms with E-state index in [-0.39, 0.29) is 5.41 Å². The summed E-state index contributed by atoms with van der Waals surface area (Å²) in [6.07, 6.45) is 2.28. The van der Waals surface area contributed by atoms with Crippen LogP contribution in [0, 0.1) is 6.92 Å². The van der Waals surface area contributed by atoms with Crippen molar-refractivity contribution in [2.75, 3.05) is 11.8 Å². The molecule has 0 fully saturated rings. The Bertz CT molecular complexity index is 562. The fourth-order valence-corrected chi connectivity index (χ4v) is 3.14. The number of rotatable bonds is 6. The summed E-state index contributed by atoms with van der Waals surface area (Å²) in [5.41, 5.74) is 2.06. The summed E-state index contributed by atoms with van der Waals surface area (Å²) in [5.74, 6) is 1.84. The summed E-state index contributed by atoms with van der Waals surface area (Å²) >= 11 is 12.6. The molecule has 2 aromatic rings. The average molecular weight is 312 g/mol. The Morgan fingerprint density at radius 1 is 1.25 bits per heavy atom. The molecule has 0 unspecified atom stereocenters. The van der Waals surface area contributed by atoms with E-state index >= 15 is 0 Å². The number of aryl methyl sites for hydroxylation is 2.